The number of hydrogen-bond donors (Lipinski definition) is 1. The number of esters is 1. The summed E-state index contributed by atoms with van der Waals surface area (Å²) < 4.78 is 43.5. The Morgan fingerprint density at radius 3 is 2.68 bits per heavy atom. The number of carbonyl (C=O) groups excluding carboxylic acids is 1. The summed E-state index contributed by atoms with van der Waals surface area (Å²) in [5, 5.41) is 2.89. The molecule has 0 aliphatic carbocycles. The van der Waals surface area contributed by atoms with Gasteiger partial charge in [0.2, 0.25) is 0 Å². The van der Waals surface area contributed by atoms with E-state index in [-0.39, 0.29) is 12.0 Å². The fourth-order valence-electron chi connectivity index (χ4n) is 2.44. The monoisotopic (exact) mass is 273 g/mol. The first kappa shape index (κ1) is 13.7. The van der Waals surface area contributed by atoms with Crippen molar-refractivity contribution in [1.82, 2.24) is 0 Å². The second-order valence-corrected chi connectivity index (χ2v) is 4.56. The predicted octanol–water partition coefficient (Wildman–Crippen LogP) is 3.00. The van der Waals surface area contributed by atoms with Gasteiger partial charge in [0.25, 0.3) is 0 Å². The molecule has 1 aliphatic heterocycles. The number of halogens is 3. The van der Waals surface area contributed by atoms with Crippen molar-refractivity contribution in [2.75, 3.05) is 12.4 Å². The Morgan fingerprint density at radius 1 is 1.47 bits per heavy atom. The summed E-state index contributed by atoms with van der Waals surface area (Å²) >= 11 is 0. The van der Waals surface area contributed by atoms with Gasteiger partial charge in [-0.2, -0.15) is 13.2 Å². The maximum absolute atomic E-state index is 12.9. The number of nitrogens with one attached hydrogen (secondary N) is 1. The van der Waals surface area contributed by atoms with Crippen molar-refractivity contribution in [3.8, 4) is 0 Å². The summed E-state index contributed by atoms with van der Waals surface area (Å²) in [6.07, 6.45) is -4.08. The van der Waals surface area contributed by atoms with E-state index in [1.807, 2.05) is 0 Å². The summed E-state index contributed by atoms with van der Waals surface area (Å²) in [6, 6.07) is 3.91. The Morgan fingerprint density at radius 2 is 2.16 bits per heavy atom. The van der Waals surface area contributed by atoms with Crippen molar-refractivity contribution in [3.63, 3.8) is 0 Å². The molecule has 1 heterocycles. The van der Waals surface area contributed by atoms with Crippen molar-refractivity contribution in [1.29, 1.82) is 0 Å². The van der Waals surface area contributed by atoms with Gasteiger partial charge in [-0.1, -0.05) is 13.0 Å². The maximum Gasteiger partial charge on any atom is 0.416 e. The van der Waals surface area contributed by atoms with Crippen molar-refractivity contribution < 1.29 is 22.7 Å². The fraction of sp³-hybridized carbons (Fsp3) is 0.462. The van der Waals surface area contributed by atoms with E-state index in [1.54, 1.807) is 13.0 Å². The largest absolute Gasteiger partial charge is 0.467 e. The van der Waals surface area contributed by atoms with E-state index >= 15 is 0 Å². The van der Waals surface area contributed by atoms with E-state index in [2.05, 4.69) is 5.32 Å². The molecular formula is C13H14F3NO2. The van der Waals surface area contributed by atoms with Crippen molar-refractivity contribution in [2.24, 2.45) is 0 Å². The minimum atomic E-state index is -4.42. The topological polar surface area (TPSA) is 38.3 Å². The molecule has 0 bridgehead atoms. The molecule has 0 spiro atoms. The van der Waals surface area contributed by atoms with Crippen LogP contribution in [-0.2, 0) is 22.1 Å². The molecule has 0 saturated carbocycles. The summed E-state index contributed by atoms with van der Waals surface area (Å²) in [7, 11) is 1.23. The molecule has 1 aromatic rings. The average Bonchev–Trinajstić information content (AvgIpc) is 2.75. The smallest absolute Gasteiger partial charge is 0.416 e. The number of alkyl halides is 3. The zero-order chi connectivity index (χ0) is 14.3. The third kappa shape index (κ3) is 2.15. The lowest BCUT2D eigenvalue weighted by Gasteiger charge is -2.25. The SMILES string of the molecule is CCC1(C(=O)OC)Cc2c(cccc2C(F)(F)F)N1. The highest BCUT2D eigenvalue weighted by Gasteiger charge is 2.47. The normalized spacial score (nSPS) is 21.7. The van der Waals surface area contributed by atoms with Crippen LogP contribution in [0.1, 0.15) is 24.5 Å². The standard InChI is InChI=1S/C13H14F3NO2/c1-3-12(11(18)19-2)7-8-9(13(14,15)16)5-4-6-10(8)17-12/h4-6,17H,3,7H2,1-2H3. The van der Waals surface area contributed by atoms with Crippen molar-refractivity contribution >= 4 is 11.7 Å². The van der Waals surface area contributed by atoms with Gasteiger partial charge in [0.1, 0.15) is 5.54 Å². The summed E-state index contributed by atoms with van der Waals surface area (Å²) in [5.74, 6) is -0.542. The molecule has 1 N–H and O–H groups in total. The van der Waals surface area contributed by atoms with Gasteiger partial charge in [0, 0.05) is 12.1 Å². The molecule has 1 atom stereocenters. The molecule has 1 unspecified atom stereocenters. The zero-order valence-corrected chi connectivity index (χ0v) is 10.6. The van der Waals surface area contributed by atoms with Gasteiger partial charge in [-0.25, -0.2) is 4.79 Å². The van der Waals surface area contributed by atoms with Crippen LogP contribution in [0.25, 0.3) is 0 Å². The van der Waals surface area contributed by atoms with E-state index in [0.717, 1.165) is 6.07 Å². The van der Waals surface area contributed by atoms with E-state index < -0.39 is 23.2 Å². The van der Waals surface area contributed by atoms with Crippen LogP contribution in [0.5, 0.6) is 0 Å². The number of anilines is 1. The number of hydrogen-bond acceptors (Lipinski definition) is 3. The Kier molecular flexibility index (Phi) is 3.20. The third-order valence-electron chi connectivity index (χ3n) is 3.51. The molecule has 104 valence electrons. The molecule has 0 aromatic heterocycles. The van der Waals surface area contributed by atoms with Crippen LogP contribution < -0.4 is 5.32 Å². The van der Waals surface area contributed by atoms with Crippen LogP contribution >= 0.6 is 0 Å². The Bertz CT molecular complexity index is 513. The van der Waals surface area contributed by atoms with Crippen LogP contribution in [0.3, 0.4) is 0 Å². The first-order valence-corrected chi connectivity index (χ1v) is 5.90. The van der Waals surface area contributed by atoms with Gasteiger partial charge < -0.3 is 10.1 Å². The number of benzene rings is 1. The first-order valence-electron chi connectivity index (χ1n) is 5.90. The van der Waals surface area contributed by atoms with Gasteiger partial charge in [-0.15, -0.1) is 0 Å². The summed E-state index contributed by atoms with van der Waals surface area (Å²) in [5.41, 5.74) is -1.32. The van der Waals surface area contributed by atoms with Gasteiger partial charge in [0.15, 0.2) is 0 Å². The van der Waals surface area contributed by atoms with Crippen LogP contribution in [0, 0.1) is 0 Å². The van der Waals surface area contributed by atoms with Crippen molar-refractivity contribution in [3.05, 3.63) is 29.3 Å². The quantitative estimate of drug-likeness (QED) is 0.842. The Labute approximate surface area is 108 Å². The molecular weight excluding hydrogens is 259 g/mol. The molecule has 19 heavy (non-hydrogen) atoms. The molecule has 0 saturated heterocycles. The van der Waals surface area contributed by atoms with Gasteiger partial charge >= 0.3 is 12.1 Å². The van der Waals surface area contributed by atoms with E-state index in [0.29, 0.717) is 12.1 Å². The Balaban J connectivity index is 2.47. The van der Waals surface area contributed by atoms with Crippen LogP contribution in [0.15, 0.2) is 18.2 Å². The molecule has 0 amide bonds. The van der Waals surface area contributed by atoms with Gasteiger partial charge in [-0.3, -0.25) is 0 Å². The van der Waals surface area contributed by atoms with E-state index in [1.165, 1.54) is 13.2 Å². The maximum atomic E-state index is 12.9. The molecule has 3 nitrogen and oxygen atoms in total. The van der Waals surface area contributed by atoms with E-state index in [9.17, 15) is 18.0 Å². The van der Waals surface area contributed by atoms with Crippen molar-refractivity contribution in [2.45, 2.75) is 31.5 Å². The predicted molar refractivity (Wildman–Crippen MR) is 63.8 cm³/mol. The number of methoxy groups -OCH3 is 1. The third-order valence-corrected chi connectivity index (χ3v) is 3.51. The minimum Gasteiger partial charge on any atom is -0.467 e. The molecule has 1 aromatic carbocycles. The van der Waals surface area contributed by atoms with E-state index in [4.69, 9.17) is 4.74 Å². The molecule has 6 heteroatoms. The second kappa shape index (κ2) is 4.43. The molecule has 0 fully saturated rings. The molecule has 2 rings (SSSR count). The lowest BCUT2D eigenvalue weighted by Crippen LogP contribution is -2.45. The van der Waals surface area contributed by atoms with Crippen LogP contribution in [0.4, 0.5) is 18.9 Å². The summed E-state index contributed by atoms with van der Waals surface area (Å²) in [6.45, 7) is 1.74. The summed E-state index contributed by atoms with van der Waals surface area (Å²) in [4.78, 5) is 11.8. The minimum absolute atomic E-state index is 0.0127. The number of rotatable bonds is 2. The second-order valence-electron chi connectivity index (χ2n) is 4.56. The highest BCUT2D eigenvalue weighted by molar-refractivity contribution is 5.88. The fourth-order valence-corrected chi connectivity index (χ4v) is 2.44. The highest BCUT2D eigenvalue weighted by Crippen LogP contribution is 2.42. The first-order chi connectivity index (χ1) is 8.84. The average molecular weight is 273 g/mol. The van der Waals surface area contributed by atoms with Crippen LogP contribution in [-0.4, -0.2) is 18.6 Å². The van der Waals surface area contributed by atoms with Gasteiger partial charge in [-0.05, 0) is 24.1 Å². The lowest BCUT2D eigenvalue weighted by atomic mass is 9.90. The number of fused-ring (bicyclic) bond motifs is 1. The molecule has 1 aliphatic rings. The lowest BCUT2D eigenvalue weighted by molar-refractivity contribution is -0.146. The number of ether oxygens (including phenoxy) is 1. The zero-order valence-electron chi connectivity index (χ0n) is 10.6. The highest BCUT2D eigenvalue weighted by atomic mass is 19.4. The molecule has 0 radical (unpaired) electrons. The Hall–Kier alpha value is -1.72. The van der Waals surface area contributed by atoms with Crippen LogP contribution in [0.2, 0.25) is 0 Å². The number of carbonyl (C=O) groups is 1. The van der Waals surface area contributed by atoms with Gasteiger partial charge in [0.05, 0.1) is 12.7 Å².